The summed E-state index contributed by atoms with van der Waals surface area (Å²) < 4.78 is 5.60. The van der Waals surface area contributed by atoms with Gasteiger partial charge in [-0.05, 0) is 50.9 Å². The number of nitrogens with one attached hydrogen (secondary N) is 1. The summed E-state index contributed by atoms with van der Waals surface area (Å²) in [5, 5.41) is 11.6. The number of furan rings is 1. The maximum absolute atomic E-state index is 10.5. The lowest BCUT2D eigenvalue weighted by molar-refractivity contribution is -0.136. The molecule has 0 radical (unpaired) electrons. The van der Waals surface area contributed by atoms with Gasteiger partial charge >= 0.3 is 5.97 Å². The van der Waals surface area contributed by atoms with Gasteiger partial charge in [0.25, 0.3) is 0 Å². The molecule has 1 aliphatic heterocycles. The number of likely N-dealkylation sites (tertiary alicyclic amines) is 1. The van der Waals surface area contributed by atoms with E-state index < -0.39 is 5.97 Å². The summed E-state index contributed by atoms with van der Waals surface area (Å²) in [6.07, 6.45) is 2.33. The van der Waals surface area contributed by atoms with Crippen molar-refractivity contribution in [2.75, 3.05) is 26.2 Å². The van der Waals surface area contributed by atoms with Crippen molar-refractivity contribution in [1.82, 2.24) is 10.2 Å². The number of carboxylic acid groups (broad SMARTS) is 1. The molecule has 0 amide bonds. The normalized spacial score (nSPS) is 20.6. The van der Waals surface area contributed by atoms with Crippen LogP contribution in [0.25, 0.3) is 0 Å². The summed E-state index contributed by atoms with van der Waals surface area (Å²) in [6.45, 7) is 5.73. The van der Waals surface area contributed by atoms with E-state index in [1.165, 1.54) is 12.8 Å². The zero-order valence-corrected chi connectivity index (χ0v) is 11.4. The largest absolute Gasteiger partial charge is 0.480 e. The molecule has 1 unspecified atom stereocenters. The second kappa shape index (κ2) is 6.73. The molecule has 1 aliphatic rings. The maximum atomic E-state index is 10.5. The molecule has 1 aromatic rings. The standard InChI is InChI=1S/C14H22N2O3/c1-11-4-5-13(19-11)10-16-6-2-3-12(9-16)7-15-8-14(17)18/h4-5,12,15H,2-3,6-10H2,1H3,(H,17,18). The van der Waals surface area contributed by atoms with Crippen molar-refractivity contribution in [3.8, 4) is 0 Å². The van der Waals surface area contributed by atoms with Crippen molar-refractivity contribution in [2.24, 2.45) is 5.92 Å². The van der Waals surface area contributed by atoms with Crippen molar-refractivity contribution >= 4 is 5.97 Å². The Bertz CT molecular complexity index is 417. The molecule has 2 N–H and O–H groups in total. The summed E-state index contributed by atoms with van der Waals surface area (Å²) in [6, 6.07) is 4.02. The second-order valence-corrected chi connectivity index (χ2v) is 5.28. The van der Waals surface area contributed by atoms with Gasteiger partial charge in [0.05, 0.1) is 13.1 Å². The highest BCUT2D eigenvalue weighted by Gasteiger charge is 2.20. The van der Waals surface area contributed by atoms with Crippen molar-refractivity contribution in [3.63, 3.8) is 0 Å². The van der Waals surface area contributed by atoms with E-state index >= 15 is 0 Å². The summed E-state index contributed by atoms with van der Waals surface area (Å²) in [5.74, 6) is 1.70. The highest BCUT2D eigenvalue weighted by Crippen LogP contribution is 2.18. The monoisotopic (exact) mass is 266 g/mol. The number of hydrogen-bond donors (Lipinski definition) is 2. The van der Waals surface area contributed by atoms with Gasteiger partial charge in [-0.2, -0.15) is 0 Å². The Hall–Kier alpha value is -1.33. The van der Waals surface area contributed by atoms with Gasteiger partial charge in [-0.3, -0.25) is 9.69 Å². The van der Waals surface area contributed by atoms with Crippen LogP contribution in [0.5, 0.6) is 0 Å². The van der Waals surface area contributed by atoms with Crippen LogP contribution >= 0.6 is 0 Å². The zero-order chi connectivity index (χ0) is 13.7. The minimum absolute atomic E-state index is 0.0495. The van der Waals surface area contributed by atoms with Crippen LogP contribution < -0.4 is 5.32 Å². The Kier molecular flexibility index (Phi) is 4.99. The molecule has 0 aliphatic carbocycles. The van der Waals surface area contributed by atoms with Gasteiger partial charge in [0.1, 0.15) is 11.5 Å². The van der Waals surface area contributed by atoms with Crippen LogP contribution in [0.2, 0.25) is 0 Å². The average Bonchev–Trinajstić information content (AvgIpc) is 2.75. The lowest BCUT2D eigenvalue weighted by atomic mass is 9.98. The van der Waals surface area contributed by atoms with Crippen LogP contribution in [-0.2, 0) is 11.3 Å². The third kappa shape index (κ3) is 4.69. The van der Waals surface area contributed by atoms with Crippen LogP contribution in [0.3, 0.4) is 0 Å². The number of nitrogens with zero attached hydrogens (tertiary/aromatic N) is 1. The predicted octanol–water partition coefficient (Wildman–Crippen LogP) is 1.47. The van der Waals surface area contributed by atoms with Gasteiger partial charge in [-0.25, -0.2) is 0 Å². The molecule has 2 heterocycles. The fraction of sp³-hybridized carbons (Fsp3) is 0.643. The molecule has 1 aromatic heterocycles. The lowest BCUT2D eigenvalue weighted by Crippen LogP contribution is -2.40. The molecule has 1 fully saturated rings. The predicted molar refractivity (Wildman–Crippen MR) is 72.0 cm³/mol. The van der Waals surface area contributed by atoms with Gasteiger partial charge in [-0.15, -0.1) is 0 Å². The van der Waals surface area contributed by atoms with Crippen LogP contribution in [-0.4, -0.2) is 42.2 Å². The number of aryl methyl sites for hydroxylation is 1. The Morgan fingerprint density at radius 3 is 3.11 bits per heavy atom. The molecule has 5 nitrogen and oxygen atoms in total. The quantitative estimate of drug-likeness (QED) is 0.816. The zero-order valence-electron chi connectivity index (χ0n) is 11.4. The number of carboxylic acids is 1. The first kappa shape index (κ1) is 14.1. The summed E-state index contributed by atoms with van der Waals surface area (Å²) >= 11 is 0. The topological polar surface area (TPSA) is 65.7 Å². The molecule has 0 saturated carbocycles. The first-order chi connectivity index (χ1) is 9.13. The fourth-order valence-corrected chi connectivity index (χ4v) is 2.64. The van der Waals surface area contributed by atoms with E-state index in [0.29, 0.717) is 5.92 Å². The molecule has 0 aromatic carbocycles. The van der Waals surface area contributed by atoms with E-state index in [0.717, 1.165) is 37.7 Å². The first-order valence-corrected chi connectivity index (χ1v) is 6.83. The lowest BCUT2D eigenvalue weighted by Gasteiger charge is -2.32. The molecular weight excluding hydrogens is 244 g/mol. The molecule has 0 bridgehead atoms. The SMILES string of the molecule is Cc1ccc(CN2CCCC(CNCC(=O)O)C2)o1. The van der Waals surface area contributed by atoms with E-state index in [9.17, 15) is 4.79 Å². The molecule has 19 heavy (non-hydrogen) atoms. The molecule has 1 saturated heterocycles. The molecule has 0 spiro atoms. The highest BCUT2D eigenvalue weighted by atomic mass is 16.4. The van der Waals surface area contributed by atoms with E-state index in [1.54, 1.807) is 0 Å². The first-order valence-electron chi connectivity index (χ1n) is 6.83. The molecule has 106 valence electrons. The van der Waals surface area contributed by atoms with E-state index in [4.69, 9.17) is 9.52 Å². The second-order valence-electron chi connectivity index (χ2n) is 5.28. The highest BCUT2D eigenvalue weighted by molar-refractivity contribution is 5.68. The molecule has 2 rings (SSSR count). The van der Waals surface area contributed by atoms with Gasteiger partial charge in [0.15, 0.2) is 0 Å². The molecular formula is C14H22N2O3. The number of aliphatic carboxylic acids is 1. The third-order valence-electron chi connectivity index (χ3n) is 3.49. The Labute approximate surface area is 113 Å². The van der Waals surface area contributed by atoms with Crippen molar-refractivity contribution < 1.29 is 14.3 Å². The number of rotatable bonds is 6. The Balaban J connectivity index is 1.75. The minimum Gasteiger partial charge on any atom is -0.480 e. The number of carbonyl (C=O) groups is 1. The van der Waals surface area contributed by atoms with E-state index in [-0.39, 0.29) is 6.54 Å². The van der Waals surface area contributed by atoms with Crippen LogP contribution in [0.4, 0.5) is 0 Å². The number of piperidine rings is 1. The van der Waals surface area contributed by atoms with Crippen molar-refractivity contribution in [2.45, 2.75) is 26.3 Å². The van der Waals surface area contributed by atoms with Crippen LogP contribution in [0, 0.1) is 12.8 Å². The van der Waals surface area contributed by atoms with Crippen LogP contribution in [0.1, 0.15) is 24.4 Å². The van der Waals surface area contributed by atoms with Gasteiger partial charge in [-0.1, -0.05) is 0 Å². The smallest absolute Gasteiger partial charge is 0.317 e. The van der Waals surface area contributed by atoms with Crippen LogP contribution in [0.15, 0.2) is 16.5 Å². The fourth-order valence-electron chi connectivity index (χ4n) is 2.64. The Morgan fingerprint density at radius 2 is 2.42 bits per heavy atom. The molecule has 1 atom stereocenters. The van der Waals surface area contributed by atoms with Crippen molar-refractivity contribution in [3.05, 3.63) is 23.7 Å². The summed E-state index contributed by atoms with van der Waals surface area (Å²) in [5.41, 5.74) is 0. The Morgan fingerprint density at radius 1 is 1.58 bits per heavy atom. The molecule has 5 heteroatoms. The third-order valence-corrected chi connectivity index (χ3v) is 3.49. The summed E-state index contributed by atoms with van der Waals surface area (Å²) in [7, 11) is 0. The minimum atomic E-state index is -0.793. The summed E-state index contributed by atoms with van der Waals surface area (Å²) in [4.78, 5) is 12.8. The van der Waals surface area contributed by atoms with Gasteiger partial charge < -0.3 is 14.8 Å². The number of hydrogen-bond acceptors (Lipinski definition) is 4. The van der Waals surface area contributed by atoms with Gasteiger partial charge in [0, 0.05) is 6.54 Å². The maximum Gasteiger partial charge on any atom is 0.317 e. The van der Waals surface area contributed by atoms with Gasteiger partial charge in [0.2, 0.25) is 0 Å². The van der Waals surface area contributed by atoms with E-state index in [1.807, 2.05) is 19.1 Å². The average molecular weight is 266 g/mol. The van der Waals surface area contributed by atoms with Crippen molar-refractivity contribution in [1.29, 1.82) is 0 Å². The van der Waals surface area contributed by atoms with E-state index in [2.05, 4.69) is 10.2 Å².